The van der Waals surface area contributed by atoms with Crippen molar-refractivity contribution in [2.24, 2.45) is 0 Å². The molecule has 5 nitrogen and oxygen atoms in total. The van der Waals surface area contributed by atoms with Gasteiger partial charge in [0.15, 0.2) is 0 Å². The lowest BCUT2D eigenvalue weighted by Crippen LogP contribution is -2.29. The minimum Gasteiger partial charge on any atom is -0.395 e. The van der Waals surface area contributed by atoms with Gasteiger partial charge in [-0.1, -0.05) is 0 Å². The van der Waals surface area contributed by atoms with Crippen molar-refractivity contribution in [1.82, 2.24) is 14.7 Å². The molecule has 5 heteroatoms. The summed E-state index contributed by atoms with van der Waals surface area (Å²) < 4.78 is 6.94. The maximum Gasteiger partial charge on any atom is 0.0589 e. The molecule has 0 amide bonds. The zero-order valence-electron chi connectivity index (χ0n) is 10.1. The maximum absolute atomic E-state index is 8.96. The molecule has 0 aliphatic heterocycles. The van der Waals surface area contributed by atoms with Crippen molar-refractivity contribution in [3.8, 4) is 0 Å². The lowest BCUT2D eigenvalue weighted by Gasteiger charge is -2.19. The van der Waals surface area contributed by atoms with Crippen LogP contribution in [-0.4, -0.2) is 53.2 Å². The predicted molar refractivity (Wildman–Crippen MR) is 62.1 cm³/mol. The summed E-state index contributed by atoms with van der Waals surface area (Å²) in [6, 6.07) is 0. The Bertz CT molecular complexity index is 289. The molecule has 0 unspecified atom stereocenters. The largest absolute Gasteiger partial charge is 0.395 e. The van der Waals surface area contributed by atoms with E-state index in [0.717, 1.165) is 19.6 Å². The second kappa shape index (κ2) is 7.38. The molecule has 0 aliphatic carbocycles. The van der Waals surface area contributed by atoms with Crippen molar-refractivity contribution in [3.05, 3.63) is 18.0 Å². The van der Waals surface area contributed by atoms with Gasteiger partial charge in [0, 0.05) is 45.0 Å². The van der Waals surface area contributed by atoms with Crippen LogP contribution in [0.1, 0.15) is 12.5 Å². The van der Waals surface area contributed by atoms with Crippen molar-refractivity contribution in [2.75, 3.05) is 33.4 Å². The molecule has 0 radical (unpaired) electrons. The van der Waals surface area contributed by atoms with Crippen LogP contribution in [0.25, 0.3) is 0 Å². The van der Waals surface area contributed by atoms with Gasteiger partial charge in [0.1, 0.15) is 0 Å². The van der Waals surface area contributed by atoms with Crippen LogP contribution < -0.4 is 0 Å². The first kappa shape index (κ1) is 13.2. The molecule has 0 atom stereocenters. The molecule has 1 aromatic heterocycles. The van der Waals surface area contributed by atoms with Crippen molar-refractivity contribution in [2.45, 2.75) is 20.0 Å². The number of aliphatic hydroxyl groups excluding tert-OH is 1. The van der Waals surface area contributed by atoms with Gasteiger partial charge in [-0.3, -0.25) is 9.58 Å². The first-order chi connectivity index (χ1) is 7.80. The number of aromatic nitrogens is 2. The molecule has 0 fully saturated rings. The highest BCUT2D eigenvalue weighted by Gasteiger charge is 2.06. The third kappa shape index (κ3) is 4.30. The summed E-state index contributed by atoms with van der Waals surface area (Å²) in [5.74, 6) is 0. The monoisotopic (exact) mass is 227 g/mol. The molecule has 16 heavy (non-hydrogen) atoms. The SMILES string of the molecule is CCn1cc(CN(CCO)CCOC)cn1. The molecule has 92 valence electrons. The molecular formula is C11H21N3O2. The fourth-order valence-electron chi connectivity index (χ4n) is 1.55. The van der Waals surface area contributed by atoms with Gasteiger partial charge in [0.2, 0.25) is 0 Å². The summed E-state index contributed by atoms with van der Waals surface area (Å²) in [7, 11) is 1.69. The van der Waals surface area contributed by atoms with E-state index in [0.29, 0.717) is 13.2 Å². The van der Waals surface area contributed by atoms with E-state index >= 15 is 0 Å². The third-order valence-corrected chi connectivity index (χ3v) is 2.44. The van der Waals surface area contributed by atoms with Gasteiger partial charge < -0.3 is 9.84 Å². The first-order valence-electron chi connectivity index (χ1n) is 5.63. The van der Waals surface area contributed by atoms with Crippen molar-refractivity contribution in [3.63, 3.8) is 0 Å². The number of aliphatic hydroxyl groups is 1. The number of methoxy groups -OCH3 is 1. The van der Waals surface area contributed by atoms with Gasteiger partial charge in [-0.15, -0.1) is 0 Å². The third-order valence-electron chi connectivity index (χ3n) is 2.44. The molecule has 0 saturated carbocycles. The molecule has 1 rings (SSSR count). The van der Waals surface area contributed by atoms with E-state index in [1.165, 1.54) is 5.56 Å². The number of aryl methyl sites for hydroxylation is 1. The van der Waals surface area contributed by atoms with Crippen LogP contribution in [0.15, 0.2) is 12.4 Å². The summed E-state index contributed by atoms with van der Waals surface area (Å²) in [6.45, 7) is 6.11. The van der Waals surface area contributed by atoms with Crippen LogP contribution >= 0.6 is 0 Å². The van der Waals surface area contributed by atoms with Crippen LogP contribution in [0.4, 0.5) is 0 Å². The van der Waals surface area contributed by atoms with Crippen molar-refractivity contribution < 1.29 is 9.84 Å². The highest BCUT2D eigenvalue weighted by molar-refractivity contribution is 5.03. The normalized spacial score (nSPS) is 11.2. The Morgan fingerprint density at radius 1 is 1.50 bits per heavy atom. The van der Waals surface area contributed by atoms with Crippen molar-refractivity contribution in [1.29, 1.82) is 0 Å². The second-order valence-corrected chi connectivity index (χ2v) is 3.70. The Kier molecular flexibility index (Phi) is 6.07. The van der Waals surface area contributed by atoms with E-state index in [4.69, 9.17) is 9.84 Å². The standard InChI is InChI=1S/C11H21N3O2/c1-3-14-10-11(8-12-14)9-13(4-6-15)5-7-16-2/h8,10,15H,3-7,9H2,1-2H3. The summed E-state index contributed by atoms with van der Waals surface area (Å²) in [5.41, 5.74) is 1.17. The van der Waals surface area contributed by atoms with E-state index in [2.05, 4.69) is 16.9 Å². The summed E-state index contributed by atoms with van der Waals surface area (Å²) >= 11 is 0. The van der Waals surface area contributed by atoms with Crippen LogP contribution in [0.5, 0.6) is 0 Å². The number of ether oxygens (including phenoxy) is 1. The smallest absolute Gasteiger partial charge is 0.0589 e. The quantitative estimate of drug-likeness (QED) is 0.696. The zero-order valence-corrected chi connectivity index (χ0v) is 10.1. The van der Waals surface area contributed by atoms with E-state index < -0.39 is 0 Å². The molecule has 0 spiro atoms. The molecule has 0 bridgehead atoms. The molecule has 0 aliphatic rings. The van der Waals surface area contributed by atoms with Crippen LogP contribution in [0, 0.1) is 0 Å². The average molecular weight is 227 g/mol. The predicted octanol–water partition coefficient (Wildman–Crippen LogP) is 0.344. The second-order valence-electron chi connectivity index (χ2n) is 3.70. The van der Waals surface area contributed by atoms with E-state index in [1.807, 2.05) is 17.1 Å². The fraction of sp³-hybridized carbons (Fsp3) is 0.727. The fourth-order valence-corrected chi connectivity index (χ4v) is 1.55. The molecule has 1 aromatic rings. The Balaban J connectivity index is 2.46. The lowest BCUT2D eigenvalue weighted by atomic mass is 10.3. The van der Waals surface area contributed by atoms with Gasteiger partial charge in [-0.05, 0) is 6.92 Å². The molecular weight excluding hydrogens is 206 g/mol. The molecule has 0 aromatic carbocycles. The van der Waals surface area contributed by atoms with E-state index in [9.17, 15) is 0 Å². The van der Waals surface area contributed by atoms with E-state index in [1.54, 1.807) is 7.11 Å². The zero-order chi connectivity index (χ0) is 11.8. The van der Waals surface area contributed by atoms with Crippen LogP contribution in [0.2, 0.25) is 0 Å². The van der Waals surface area contributed by atoms with Gasteiger partial charge in [-0.2, -0.15) is 5.10 Å². The maximum atomic E-state index is 8.96. The minimum atomic E-state index is 0.172. The minimum absolute atomic E-state index is 0.172. The number of hydrogen-bond acceptors (Lipinski definition) is 4. The Labute approximate surface area is 96.6 Å². The first-order valence-corrected chi connectivity index (χ1v) is 5.63. The summed E-state index contributed by atoms with van der Waals surface area (Å²) in [6.07, 6.45) is 3.91. The molecule has 0 saturated heterocycles. The highest BCUT2D eigenvalue weighted by Crippen LogP contribution is 2.03. The van der Waals surface area contributed by atoms with Gasteiger partial charge in [0.05, 0.1) is 19.4 Å². The highest BCUT2D eigenvalue weighted by atomic mass is 16.5. The van der Waals surface area contributed by atoms with Gasteiger partial charge in [0.25, 0.3) is 0 Å². The summed E-state index contributed by atoms with van der Waals surface area (Å²) in [5, 5.41) is 13.2. The van der Waals surface area contributed by atoms with Gasteiger partial charge in [-0.25, -0.2) is 0 Å². The van der Waals surface area contributed by atoms with Crippen molar-refractivity contribution >= 4 is 0 Å². The molecule has 1 heterocycles. The molecule has 1 N–H and O–H groups in total. The lowest BCUT2D eigenvalue weighted by molar-refractivity contribution is 0.127. The average Bonchev–Trinajstić information content (AvgIpc) is 2.74. The van der Waals surface area contributed by atoms with Crippen LogP contribution in [-0.2, 0) is 17.8 Å². The Morgan fingerprint density at radius 3 is 2.88 bits per heavy atom. The Morgan fingerprint density at radius 2 is 2.31 bits per heavy atom. The topological polar surface area (TPSA) is 50.5 Å². The number of nitrogens with zero attached hydrogens (tertiary/aromatic N) is 3. The number of hydrogen-bond donors (Lipinski definition) is 1. The summed E-state index contributed by atoms with van der Waals surface area (Å²) in [4.78, 5) is 2.15. The van der Waals surface area contributed by atoms with Gasteiger partial charge >= 0.3 is 0 Å². The van der Waals surface area contributed by atoms with E-state index in [-0.39, 0.29) is 6.61 Å². The van der Waals surface area contributed by atoms with Crippen LogP contribution in [0.3, 0.4) is 0 Å². The Hall–Kier alpha value is -0.910. The number of rotatable bonds is 8.